The fourth-order valence-corrected chi connectivity index (χ4v) is 4.33. The van der Waals surface area contributed by atoms with Crippen molar-refractivity contribution in [1.29, 1.82) is 0 Å². The van der Waals surface area contributed by atoms with E-state index in [1.165, 1.54) is 0 Å². The molecule has 0 bridgehead atoms. The normalized spacial score (nSPS) is 28.7. The van der Waals surface area contributed by atoms with E-state index in [9.17, 15) is 9.59 Å². The first-order valence-corrected chi connectivity index (χ1v) is 9.08. The SMILES string of the molecule is C/C(N)=N/C(=O)N1CCCC(N2CCC3(CC2)CNC(=O)C3)CC1. The number of amidine groups is 1. The van der Waals surface area contributed by atoms with E-state index in [1.807, 2.05) is 4.90 Å². The number of nitrogens with two attached hydrogens (primary N) is 1. The average molecular weight is 335 g/mol. The maximum atomic E-state index is 12.1. The van der Waals surface area contributed by atoms with Crippen LogP contribution in [0.2, 0.25) is 0 Å². The van der Waals surface area contributed by atoms with Crippen LogP contribution in [0.1, 0.15) is 45.4 Å². The van der Waals surface area contributed by atoms with Crippen LogP contribution in [0.25, 0.3) is 0 Å². The number of nitrogens with zero attached hydrogens (tertiary/aromatic N) is 3. The van der Waals surface area contributed by atoms with E-state index in [4.69, 9.17) is 5.73 Å². The highest BCUT2D eigenvalue weighted by atomic mass is 16.2. The zero-order valence-corrected chi connectivity index (χ0v) is 14.6. The van der Waals surface area contributed by atoms with Gasteiger partial charge in [0.15, 0.2) is 0 Å². The minimum absolute atomic E-state index is 0.202. The standard InChI is InChI=1S/C17H29N5O2/c1-13(18)20-16(24)22-7-2-3-14(4-8-22)21-9-5-17(6-10-21)11-15(23)19-12-17/h14H,2-12H2,1H3,(H,19,23)(H2,18,20,24). The van der Waals surface area contributed by atoms with Gasteiger partial charge in [-0.25, -0.2) is 4.79 Å². The summed E-state index contributed by atoms with van der Waals surface area (Å²) in [6.07, 6.45) is 6.03. The molecule has 1 unspecified atom stereocenters. The van der Waals surface area contributed by atoms with Crippen LogP contribution in [0.4, 0.5) is 4.79 Å². The summed E-state index contributed by atoms with van der Waals surface area (Å²) in [6.45, 7) is 6.14. The molecule has 3 fully saturated rings. The Kier molecular flexibility index (Phi) is 5.08. The van der Waals surface area contributed by atoms with Crippen LogP contribution >= 0.6 is 0 Å². The molecule has 1 atom stereocenters. The first-order valence-electron chi connectivity index (χ1n) is 9.08. The summed E-state index contributed by atoms with van der Waals surface area (Å²) >= 11 is 0. The fourth-order valence-electron chi connectivity index (χ4n) is 4.33. The van der Waals surface area contributed by atoms with Gasteiger partial charge in [0.05, 0.1) is 0 Å². The Morgan fingerprint density at radius 3 is 2.62 bits per heavy atom. The molecule has 3 amide bonds. The van der Waals surface area contributed by atoms with Gasteiger partial charge in [0, 0.05) is 32.1 Å². The Morgan fingerprint density at radius 2 is 2.00 bits per heavy atom. The predicted molar refractivity (Wildman–Crippen MR) is 92.8 cm³/mol. The molecule has 24 heavy (non-hydrogen) atoms. The van der Waals surface area contributed by atoms with Crippen LogP contribution in [-0.4, -0.2) is 66.3 Å². The summed E-state index contributed by atoms with van der Waals surface area (Å²) in [5.74, 6) is 0.532. The van der Waals surface area contributed by atoms with Crippen molar-refractivity contribution in [2.75, 3.05) is 32.7 Å². The lowest BCUT2D eigenvalue weighted by atomic mass is 9.77. The van der Waals surface area contributed by atoms with Gasteiger partial charge < -0.3 is 20.9 Å². The molecule has 7 nitrogen and oxygen atoms in total. The quantitative estimate of drug-likeness (QED) is 0.551. The van der Waals surface area contributed by atoms with Crippen LogP contribution in [0.15, 0.2) is 4.99 Å². The van der Waals surface area contributed by atoms with Crippen molar-refractivity contribution in [3.8, 4) is 0 Å². The molecule has 0 aliphatic carbocycles. The molecule has 3 rings (SSSR count). The van der Waals surface area contributed by atoms with Crippen molar-refractivity contribution in [2.45, 2.75) is 51.5 Å². The number of rotatable bonds is 1. The molecule has 3 aliphatic heterocycles. The second-order valence-electron chi connectivity index (χ2n) is 7.60. The Balaban J connectivity index is 1.51. The Hall–Kier alpha value is -1.63. The highest BCUT2D eigenvalue weighted by Gasteiger charge is 2.42. The number of urea groups is 1. The van der Waals surface area contributed by atoms with Crippen LogP contribution < -0.4 is 11.1 Å². The average Bonchev–Trinajstić information content (AvgIpc) is 2.75. The molecule has 3 heterocycles. The van der Waals surface area contributed by atoms with Crippen LogP contribution in [-0.2, 0) is 4.79 Å². The summed E-state index contributed by atoms with van der Waals surface area (Å²) in [4.78, 5) is 31.8. The fraction of sp³-hybridized carbons (Fsp3) is 0.824. The molecule has 0 saturated carbocycles. The van der Waals surface area contributed by atoms with Gasteiger partial charge in [-0.15, -0.1) is 0 Å². The van der Waals surface area contributed by atoms with E-state index in [1.54, 1.807) is 6.92 Å². The van der Waals surface area contributed by atoms with E-state index in [-0.39, 0.29) is 17.4 Å². The molecule has 3 saturated heterocycles. The second-order valence-corrected chi connectivity index (χ2v) is 7.60. The first kappa shape index (κ1) is 17.2. The van der Waals surface area contributed by atoms with Crippen molar-refractivity contribution in [3.05, 3.63) is 0 Å². The van der Waals surface area contributed by atoms with Gasteiger partial charge >= 0.3 is 6.03 Å². The molecular weight excluding hydrogens is 306 g/mol. The largest absolute Gasteiger partial charge is 0.387 e. The van der Waals surface area contributed by atoms with E-state index in [0.717, 1.165) is 64.8 Å². The number of nitrogens with one attached hydrogen (secondary N) is 1. The summed E-state index contributed by atoms with van der Waals surface area (Å²) in [7, 11) is 0. The van der Waals surface area contributed by atoms with Crippen molar-refractivity contribution < 1.29 is 9.59 Å². The molecule has 0 aromatic rings. The maximum absolute atomic E-state index is 12.1. The molecule has 3 N–H and O–H groups in total. The zero-order valence-electron chi connectivity index (χ0n) is 14.6. The molecule has 134 valence electrons. The van der Waals surface area contributed by atoms with Gasteiger partial charge in [-0.1, -0.05) is 0 Å². The lowest BCUT2D eigenvalue weighted by Gasteiger charge is -2.41. The second kappa shape index (κ2) is 7.09. The monoisotopic (exact) mass is 335 g/mol. The lowest BCUT2D eigenvalue weighted by Crippen LogP contribution is -2.46. The van der Waals surface area contributed by atoms with Crippen molar-refractivity contribution in [2.24, 2.45) is 16.1 Å². The Morgan fingerprint density at radius 1 is 1.25 bits per heavy atom. The Bertz CT molecular complexity index is 521. The highest BCUT2D eigenvalue weighted by molar-refractivity contribution is 5.91. The smallest absolute Gasteiger partial charge is 0.345 e. The third-order valence-corrected chi connectivity index (χ3v) is 5.81. The number of carbonyl (C=O) groups is 2. The summed E-state index contributed by atoms with van der Waals surface area (Å²) < 4.78 is 0. The van der Waals surface area contributed by atoms with Gasteiger partial charge in [0.1, 0.15) is 5.84 Å². The first-order chi connectivity index (χ1) is 11.5. The molecule has 0 aromatic carbocycles. The van der Waals surface area contributed by atoms with Crippen molar-refractivity contribution >= 4 is 17.8 Å². The summed E-state index contributed by atoms with van der Waals surface area (Å²) in [6, 6.07) is 0.331. The van der Waals surface area contributed by atoms with E-state index >= 15 is 0 Å². The third kappa shape index (κ3) is 3.88. The van der Waals surface area contributed by atoms with E-state index in [2.05, 4.69) is 15.2 Å². The van der Waals surface area contributed by atoms with Crippen LogP contribution in [0.3, 0.4) is 0 Å². The number of piperidine rings is 1. The van der Waals surface area contributed by atoms with Gasteiger partial charge in [-0.3, -0.25) is 4.79 Å². The van der Waals surface area contributed by atoms with Gasteiger partial charge in [-0.05, 0) is 57.5 Å². The molecule has 0 aromatic heterocycles. The molecule has 7 heteroatoms. The number of aliphatic imine (C=N–C) groups is 1. The van der Waals surface area contributed by atoms with Crippen molar-refractivity contribution in [3.63, 3.8) is 0 Å². The van der Waals surface area contributed by atoms with Gasteiger partial charge in [0.2, 0.25) is 5.91 Å². The number of hydrogen-bond acceptors (Lipinski definition) is 3. The minimum atomic E-state index is -0.205. The lowest BCUT2D eigenvalue weighted by molar-refractivity contribution is -0.119. The topological polar surface area (TPSA) is 91.0 Å². The molecule has 1 spiro atoms. The van der Waals surface area contributed by atoms with E-state index < -0.39 is 0 Å². The number of amides is 3. The van der Waals surface area contributed by atoms with E-state index in [0.29, 0.717) is 18.3 Å². The number of hydrogen-bond donors (Lipinski definition) is 2. The Labute approximate surface area is 143 Å². The third-order valence-electron chi connectivity index (χ3n) is 5.81. The molecule has 0 radical (unpaired) electrons. The molecular formula is C17H29N5O2. The number of carbonyl (C=O) groups excluding carboxylic acids is 2. The summed E-state index contributed by atoms with van der Waals surface area (Å²) in [5.41, 5.74) is 5.72. The highest BCUT2D eigenvalue weighted by Crippen LogP contribution is 2.38. The number of likely N-dealkylation sites (tertiary alicyclic amines) is 2. The van der Waals surface area contributed by atoms with Gasteiger partial charge in [0.25, 0.3) is 0 Å². The van der Waals surface area contributed by atoms with Crippen LogP contribution in [0.5, 0.6) is 0 Å². The molecule has 3 aliphatic rings. The summed E-state index contributed by atoms with van der Waals surface area (Å²) in [5, 5.41) is 2.99. The minimum Gasteiger partial charge on any atom is -0.387 e. The zero-order chi connectivity index (χ0) is 17.2. The van der Waals surface area contributed by atoms with Crippen molar-refractivity contribution in [1.82, 2.24) is 15.1 Å². The predicted octanol–water partition coefficient (Wildman–Crippen LogP) is 0.940. The van der Waals surface area contributed by atoms with Gasteiger partial charge in [-0.2, -0.15) is 4.99 Å². The maximum Gasteiger partial charge on any atom is 0.345 e. The van der Waals surface area contributed by atoms with Crippen LogP contribution in [0, 0.1) is 5.41 Å².